The van der Waals surface area contributed by atoms with E-state index in [9.17, 15) is 0 Å². The van der Waals surface area contributed by atoms with Gasteiger partial charge in [0.15, 0.2) is 0 Å². The maximum atomic E-state index is 4.59. The Morgan fingerprint density at radius 2 is 0.845 bits per heavy atom. The van der Waals surface area contributed by atoms with Gasteiger partial charge in [-0.3, -0.25) is 9.97 Å². The van der Waals surface area contributed by atoms with Crippen molar-refractivity contribution in [1.82, 2.24) is 9.97 Å². The van der Waals surface area contributed by atoms with Gasteiger partial charge in [0.05, 0.1) is 0 Å². The summed E-state index contributed by atoms with van der Waals surface area (Å²) >= 11 is 0. The third-order valence-corrected chi connectivity index (χ3v) is 17.1. The molecule has 2 saturated carbocycles. The van der Waals surface area contributed by atoms with Crippen molar-refractivity contribution in [2.75, 3.05) is 0 Å². The van der Waals surface area contributed by atoms with E-state index in [1.165, 1.54) is 135 Å². The Morgan fingerprint density at radius 1 is 0.431 bits per heavy atom. The van der Waals surface area contributed by atoms with Crippen LogP contribution in [-0.2, 0) is 0 Å². The van der Waals surface area contributed by atoms with Crippen molar-refractivity contribution >= 4 is 41.5 Å². The van der Waals surface area contributed by atoms with Crippen molar-refractivity contribution in [1.29, 1.82) is 0 Å². The van der Waals surface area contributed by atoms with Crippen LogP contribution >= 0.6 is 0 Å². The van der Waals surface area contributed by atoms with Gasteiger partial charge in [0.1, 0.15) is 8.07 Å². The molecular formula is C54H55BN2Si. The van der Waals surface area contributed by atoms with Crippen LogP contribution in [0.2, 0.25) is 13.1 Å². The molecule has 0 unspecified atom stereocenters. The van der Waals surface area contributed by atoms with Crippen LogP contribution in [0.5, 0.6) is 0 Å². The Kier molecular flexibility index (Phi) is 11.4. The highest BCUT2D eigenvalue weighted by Gasteiger charge is 2.29. The summed E-state index contributed by atoms with van der Waals surface area (Å²) in [5.74, 6) is 1.21. The minimum Gasteiger partial charge on any atom is -0.264 e. The van der Waals surface area contributed by atoms with E-state index in [0.717, 1.165) is 0 Å². The van der Waals surface area contributed by atoms with Crippen LogP contribution < -0.4 is 26.8 Å². The predicted octanol–water partition coefficient (Wildman–Crippen LogP) is 10.9. The molecule has 0 radical (unpaired) electrons. The molecule has 58 heavy (non-hydrogen) atoms. The first kappa shape index (κ1) is 38.2. The molecule has 0 bridgehead atoms. The Morgan fingerprint density at radius 3 is 1.31 bits per heavy atom. The van der Waals surface area contributed by atoms with Gasteiger partial charge >= 0.3 is 0 Å². The van der Waals surface area contributed by atoms with E-state index in [-0.39, 0.29) is 6.71 Å². The molecule has 2 aliphatic carbocycles. The minimum atomic E-state index is -1.93. The number of nitrogens with zero attached hydrogens (tertiary/aromatic N) is 2. The summed E-state index contributed by atoms with van der Waals surface area (Å²) in [6.07, 6.45) is 21.2. The third kappa shape index (κ3) is 7.92. The molecule has 5 aromatic carbocycles. The number of hydrogen-bond donors (Lipinski definition) is 0. The first-order valence-corrected chi connectivity index (χ1v) is 24.9. The summed E-state index contributed by atoms with van der Waals surface area (Å²) in [6.45, 7) is 5.05. The number of aromatic nitrogens is 2. The lowest BCUT2D eigenvalue weighted by molar-refractivity contribution is 0.443. The van der Waals surface area contributed by atoms with Crippen LogP contribution in [0, 0.1) is 0 Å². The quantitative estimate of drug-likeness (QED) is 0.130. The zero-order chi connectivity index (χ0) is 39.3. The standard InChI is InChI=1S/C54H55BN2Si/c1-58(2,48-18-10-5-11-19-48)54-21-13-12-20-51(54)44-26-32-47(33-27-44)55(45-28-22-42(23-29-45)49-34-36-56-38-52(49)40-14-6-3-7-15-40)46-30-24-43(25-31-46)50-35-37-57-39-53(50)41-16-8-4-9-17-41/h5,10-13,18-41H,3-4,6-9,14-17H2,1-2H3. The number of pyridine rings is 2. The van der Waals surface area contributed by atoms with Gasteiger partial charge in [0, 0.05) is 24.8 Å². The molecule has 9 rings (SSSR count). The molecule has 4 heteroatoms. The Bertz CT molecular complexity index is 2320. The van der Waals surface area contributed by atoms with Gasteiger partial charge in [-0.2, -0.15) is 0 Å². The van der Waals surface area contributed by atoms with Crippen LogP contribution in [0.1, 0.15) is 87.2 Å². The van der Waals surface area contributed by atoms with Gasteiger partial charge in [-0.15, -0.1) is 0 Å². The maximum Gasteiger partial charge on any atom is 0.241 e. The minimum absolute atomic E-state index is 0.0908. The lowest BCUT2D eigenvalue weighted by atomic mass is 9.37. The van der Waals surface area contributed by atoms with Crippen molar-refractivity contribution in [2.45, 2.75) is 89.1 Å². The molecule has 2 heterocycles. The maximum absolute atomic E-state index is 4.59. The van der Waals surface area contributed by atoms with Crippen LogP contribution in [0.15, 0.2) is 164 Å². The fourth-order valence-electron chi connectivity index (χ4n) is 10.2. The summed E-state index contributed by atoms with van der Waals surface area (Å²) in [6, 6.07) is 53.0. The Labute approximate surface area is 348 Å². The first-order chi connectivity index (χ1) is 28.5. The number of hydrogen-bond acceptors (Lipinski definition) is 2. The summed E-state index contributed by atoms with van der Waals surface area (Å²) in [5, 5.41) is 2.94. The molecule has 0 spiro atoms. The largest absolute Gasteiger partial charge is 0.264 e. The lowest BCUT2D eigenvalue weighted by Crippen LogP contribution is -2.53. The topological polar surface area (TPSA) is 25.8 Å². The van der Waals surface area contributed by atoms with E-state index in [0.29, 0.717) is 11.8 Å². The number of rotatable bonds is 10. The van der Waals surface area contributed by atoms with Crippen molar-refractivity contribution in [3.63, 3.8) is 0 Å². The molecule has 0 aliphatic heterocycles. The number of benzene rings is 5. The molecule has 2 aromatic heterocycles. The summed E-state index contributed by atoms with van der Waals surface area (Å²) < 4.78 is 0. The molecule has 2 aliphatic rings. The van der Waals surface area contributed by atoms with Crippen LogP contribution in [-0.4, -0.2) is 24.8 Å². The molecule has 2 nitrogen and oxygen atoms in total. The molecule has 0 saturated heterocycles. The average Bonchev–Trinajstić information content (AvgIpc) is 3.31. The molecule has 7 aromatic rings. The highest BCUT2D eigenvalue weighted by Crippen LogP contribution is 2.39. The van der Waals surface area contributed by atoms with Gasteiger partial charge in [-0.25, -0.2) is 0 Å². The Balaban J connectivity index is 1.08. The van der Waals surface area contributed by atoms with Crippen molar-refractivity contribution in [2.24, 2.45) is 0 Å². The van der Waals surface area contributed by atoms with Crippen LogP contribution in [0.25, 0.3) is 33.4 Å². The SMILES string of the molecule is C[Si](C)(c1ccccc1)c1ccccc1-c1ccc(B(c2ccc(-c3ccncc3C3CCCCC3)cc2)c2ccc(-c3ccncc3C3CCCCC3)cc2)cc1. The normalized spacial score (nSPS) is 15.3. The second-order valence-corrected chi connectivity index (χ2v) is 21.8. The first-order valence-electron chi connectivity index (χ1n) is 21.9. The van der Waals surface area contributed by atoms with E-state index < -0.39 is 8.07 Å². The molecule has 2 fully saturated rings. The van der Waals surface area contributed by atoms with Crippen LogP contribution in [0.4, 0.5) is 0 Å². The highest BCUT2D eigenvalue weighted by atomic mass is 28.3. The zero-order valence-electron chi connectivity index (χ0n) is 34.3. The lowest BCUT2D eigenvalue weighted by Gasteiger charge is -2.27. The van der Waals surface area contributed by atoms with Gasteiger partial charge < -0.3 is 0 Å². The monoisotopic (exact) mass is 770 g/mol. The van der Waals surface area contributed by atoms with Crippen LogP contribution in [0.3, 0.4) is 0 Å². The summed E-state index contributed by atoms with van der Waals surface area (Å²) in [7, 11) is -1.93. The molecule has 288 valence electrons. The zero-order valence-corrected chi connectivity index (χ0v) is 35.3. The average molecular weight is 771 g/mol. The van der Waals surface area contributed by atoms with Gasteiger partial charge in [0.25, 0.3) is 0 Å². The Hall–Kier alpha value is -5.32. The fourth-order valence-corrected chi connectivity index (χ4v) is 13.0. The third-order valence-electron chi connectivity index (χ3n) is 13.6. The van der Waals surface area contributed by atoms with Crippen molar-refractivity contribution < 1.29 is 0 Å². The predicted molar refractivity (Wildman–Crippen MR) is 251 cm³/mol. The second-order valence-electron chi connectivity index (χ2n) is 17.4. The molecule has 0 atom stereocenters. The van der Waals surface area contributed by atoms with E-state index in [2.05, 4.69) is 175 Å². The van der Waals surface area contributed by atoms with Crippen molar-refractivity contribution in [3.8, 4) is 33.4 Å². The van der Waals surface area contributed by atoms with Crippen molar-refractivity contribution in [3.05, 3.63) is 175 Å². The highest BCUT2D eigenvalue weighted by molar-refractivity contribution is 7.01. The second kappa shape index (κ2) is 17.3. The van der Waals surface area contributed by atoms with Gasteiger partial charge in [-0.1, -0.05) is 201 Å². The molecule has 0 amide bonds. The van der Waals surface area contributed by atoms with Gasteiger partial charge in [-0.05, 0) is 99.3 Å². The molecular weight excluding hydrogens is 716 g/mol. The summed E-state index contributed by atoms with van der Waals surface area (Å²) in [5.41, 5.74) is 14.6. The van der Waals surface area contributed by atoms with E-state index in [1.807, 2.05) is 12.4 Å². The van der Waals surface area contributed by atoms with E-state index >= 15 is 0 Å². The molecule has 0 N–H and O–H groups in total. The van der Waals surface area contributed by atoms with Gasteiger partial charge in [0.2, 0.25) is 6.71 Å². The van der Waals surface area contributed by atoms with E-state index in [1.54, 1.807) is 0 Å². The summed E-state index contributed by atoms with van der Waals surface area (Å²) in [4.78, 5) is 9.19. The smallest absolute Gasteiger partial charge is 0.241 e. The fraction of sp³-hybridized carbons (Fsp3) is 0.259. The van der Waals surface area contributed by atoms with E-state index in [4.69, 9.17) is 0 Å².